The number of benzene rings is 2. The second-order valence-electron chi connectivity index (χ2n) is 5.83. The lowest BCUT2D eigenvalue weighted by atomic mass is 10.2. The van der Waals surface area contributed by atoms with E-state index in [1.54, 1.807) is 18.2 Å². The maximum Gasteiger partial charge on any atom is 0.310 e. The van der Waals surface area contributed by atoms with E-state index in [4.69, 9.17) is 25.8 Å². The molecule has 0 saturated carbocycles. The van der Waals surface area contributed by atoms with E-state index in [9.17, 15) is 9.59 Å². The van der Waals surface area contributed by atoms with Gasteiger partial charge in [-0.25, -0.2) is 0 Å². The number of amides is 1. The van der Waals surface area contributed by atoms with Crippen molar-refractivity contribution in [2.24, 2.45) is 0 Å². The molecule has 0 fully saturated rings. The monoisotopic (exact) mass is 391 g/mol. The number of carbonyl (C=O) groups is 2. The van der Waals surface area contributed by atoms with Gasteiger partial charge in [0.05, 0.1) is 25.2 Å². The van der Waals surface area contributed by atoms with E-state index in [0.29, 0.717) is 22.2 Å². The fourth-order valence-corrected chi connectivity index (χ4v) is 2.52. The summed E-state index contributed by atoms with van der Waals surface area (Å²) in [6.45, 7) is 3.60. The Labute approximate surface area is 163 Å². The Morgan fingerprint density at radius 1 is 1.15 bits per heavy atom. The van der Waals surface area contributed by atoms with Crippen molar-refractivity contribution in [2.75, 3.05) is 19.0 Å². The normalized spacial score (nSPS) is 11.4. The van der Waals surface area contributed by atoms with Crippen molar-refractivity contribution in [3.63, 3.8) is 0 Å². The molecule has 0 aromatic heterocycles. The molecule has 1 amide bonds. The molecule has 0 radical (unpaired) electrons. The molecule has 0 bridgehead atoms. The number of methoxy groups -OCH3 is 1. The molecule has 0 heterocycles. The molecule has 0 unspecified atom stereocenters. The van der Waals surface area contributed by atoms with Crippen molar-refractivity contribution in [3.05, 3.63) is 53.1 Å². The van der Waals surface area contributed by atoms with Crippen molar-refractivity contribution in [1.82, 2.24) is 0 Å². The minimum absolute atomic E-state index is 0.0420. The second kappa shape index (κ2) is 9.83. The highest BCUT2D eigenvalue weighted by Gasteiger charge is 2.18. The summed E-state index contributed by atoms with van der Waals surface area (Å²) in [5.41, 5.74) is 1.47. The molecule has 0 aliphatic heterocycles. The Hall–Kier alpha value is -2.73. The van der Waals surface area contributed by atoms with Crippen LogP contribution in [0, 0.1) is 6.92 Å². The molecule has 0 aliphatic carbocycles. The summed E-state index contributed by atoms with van der Waals surface area (Å²) in [5, 5.41) is 3.01. The van der Waals surface area contributed by atoms with E-state index in [-0.39, 0.29) is 13.0 Å². The number of aryl methyl sites for hydroxylation is 1. The van der Waals surface area contributed by atoms with Crippen LogP contribution in [-0.2, 0) is 14.3 Å². The van der Waals surface area contributed by atoms with Crippen LogP contribution in [0.15, 0.2) is 42.5 Å². The van der Waals surface area contributed by atoms with E-state index in [1.807, 2.05) is 31.2 Å². The minimum atomic E-state index is -0.947. The van der Waals surface area contributed by atoms with E-state index in [0.717, 1.165) is 5.56 Å². The number of hydrogen-bond donors (Lipinski definition) is 1. The molecule has 27 heavy (non-hydrogen) atoms. The Morgan fingerprint density at radius 2 is 1.89 bits per heavy atom. The number of rotatable bonds is 8. The van der Waals surface area contributed by atoms with E-state index >= 15 is 0 Å². The van der Waals surface area contributed by atoms with Crippen LogP contribution in [0.4, 0.5) is 5.69 Å². The zero-order chi connectivity index (χ0) is 19.8. The molecule has 2 aromatic carbocycles. The Morgan fingerprint density at radius 3 is 2.56 bits per heavy atom. The summed E-state index contributed by atoms with van der Waals surface area (Å²) in [4.78, 5) is 24.1. The van der Waals surface area contributed by atoms with Gasteiger partial charge in [0.15, 0.2) is 6.10 Å². The quantitative estimate of drug-likeness (QED) is 0.688. The molecule has 1 N–H and O–H groups in total. The number of carbonyl (C=O) groups excluding carboxylic acids is 2. The van der Waals surface area contributed by atoms with Gasteiger partial charge in [0.2, 0.25) is 0 Å². The third-order valence-corrected chi connectivity index (χ3v) is 4.05. The van der Waals surface area contributed by atoms with Gasteiger partial charge in [0, 0.05) is 5.69 Å². The molecule has 0 aliphatic rings. The van der Waals surface area contributed by atoms with Crippen LogP contribution in [0.3, 0.4) is 0 Å². The number of anilines is 1. The van der Waals surface area contributed by atoms with Crippen LogP contribution in [0.2, 0.25) is 5.02 Å². The van der Waals surface area contributed by atoms with Gasteiger partial charge in [-0.1, -0.05) is 29.8 Å². The van der Waals surface area contributed by atoms with Gasteiger partial charge >= 0.3 is 5.97 Å². The molecule has 2 rings (SSSR count). The molecule has 0 saturated heterocycles. The van der Waals surface area contributed by atoms with E-state index in [1.165, 1.54) is 14.0 Å². The van der Waals surface area contributed by atoms with Crippen molar-refractivity contribution in [2.45, 2.75) is 26.4 Å². The highest BCUT2D eigenvalue weighted by Crippen LogP contribution is 2.27. The standard InChI is InChI=1S/C20H22ClNO5/c1-13-6-4-5-7-17(13)26-11-10-19(23)27-14(2)20(24)22-15-8-9-18(25-3)16(21)12-15/h4-9,12,14H,10-11H2,1-3H3,(H,22,24)/t14-/m0/s1. The summed E-state index contributed by atoms with van der Waals surface area (Å²) in [6.07, 6.45) is -0.905. The topological polar surface area (TPSA) is 73.9 Å². The molecule has 1 atom stereocenters. The first kappa shape index (κ1) is 20.6. The van der Waals surface area contributed by atoms with Crippen molar-refractivity contribution in [3.8, 4) is 11.5 Å². The van der Waals surface area contributed by atoms with Crippen LogP contribution in [0.5, 0.6) is 11.5 Å². The van der Waals surface area contributed by atoms with Gasteiger partial charge in [-0.3, -0.25) is 9.59 Å². The number of nitrogens with one attached hydrogen (secondary N) is 1. The number of ether oxygens (including phenoxy) is 3. The van der Waals surface area contributed by atoms with Gasteiger partial charge in [0.25, 0.3) is 5.91 Å². The van der Waals surface area contributed by atoms with Crippen LogP contribution < -0.4 is 14.8 Å². The van der Waals surface area contributed by atoms with Crippen molar-refractivity contribution < 1.29 is 23.8 Å². The smallest absolute Gasteiger partial charge is 0.310 e. The zero-order valence-corrected chi connectivity index (χ0v) is 16.2. The zero-order valence-electron chi connectivity index (χ0n) is 15.5. The summed E-state index contributed by atoms with van der Waals surface area (Å²) >= 11 is 6.02. The highest BCUT2D eigenvalue weighted by atomic mass is 35.5. The number of esters is 1. The van der Waals surface area contributed by atoms with Crippen LogP contribution in [-0.4, -0.2) is 31.7 Å². The first-order valence-corrected chi connectivity index (χ1v) is 8.81. The van der Waals surface area contributed by atoms with Crippen LogP contribution in [0.1, 0.15) is 18.9 Å². The predicted octanol–water partition coefficient (Wildman–Crippen LogP) is 4.00. The Balaban J connectivity index is 1.78. The lowest BCUT2D eigenvalue weighted by Crippen LogP contribution is -2.30. The molecular formula is C20H22ClNO5. The van der Waals surface area contributed by atoms with Gasteiger partial charge in [-0.15, -0.1) is 0 Å². The maximum absolute atomic E-state index is 12.2. The summed E-state index contributed by atoms with van der Waals surface area (Å²) in [5.74, 6) is 0.249. The fourth-order valence-electron chi connectivity index (χ4n) is 2.26. The second-order valence-corrected chi connectivity index (χ2v) is 6.24. The summed E-state index contributed by atoms with van der Waals surface area (Å²) in [7, 11) is 1.50. The molecule has 6 nitrogen and oxygen atoms in total. The predicted molar refractivity (Wildman–Crippen MR) is 103 cm³/mol. The average Bonchev–Trinajstić information content (AvgIpc) is 2.63. The summed E-state index contributed by atoms with van der Waals surface area (Å²) < 4.78 is 15.7. The number of halogens is 1. The largest absolute Gasteiger partial charge is 0.495 e. The van der Waals surface area contributed by atoms with E-state index < -0.39 is 18.0 Å². The van der Waals surface area contributed by atoms with Crippen LogP contribution >= 0.6 is 11.6 Å². The molecular weight excluding hydrogens is 370 g/mol. The highest BCUT2D eigenvalue weighted by molar-refractivity contribution is 6.32. The molecule has 2 aromatic rings. The third kappa shape index (κ3) is 6.18. The van der Waals surface area contributed by atoms with Crippen LogP contribution in [0.25, 0.3) is 0 Å². The van der Waals surface area contributed by atoms with Gasteiger partial charge in [0.1, 0.15) is 11.5 Å². The van der Waals surface area contributed by atoms with Crippen molar-refractivity contribution >= 4 is 29.2 Å². The third-order valence-electron chi connectivity index (χ3n) is 3.75. The number of hydrogen-bond acceptors (Lipinski definition) is 5. The fraction of sp³-hybridized carbons (Fsp3) is 0.300. The minimum Gasteiger partial charge on any atom is -0.495 e. The SMILES string of the molecule is COc1ccc(NC(=O)[C@H](C)OC(=O)CCOc2ccccc2C)cc1Cl. The molecule has 0 spiro atoms. The molecule has 7 heteroatoms. The maximum atomic E-state index is 12.2. The van der Waals surface area contributed by atoms with E-state index in [2.05, 4.69) is 5.32 Å². The first-order valence-electron chi connectivity index (χ1n) is 8.43. The first-order chi connectivity index (χ1) is 12.9. The Bertz CT molecular complexity index is 809. The van der Waals surface area contributed by atoms with Gasteiger partial charge in [-0.05, 0) is 43.7 Å². The average molecular weight is 392 g/mol. The van der Waals surface area contributed by atoms with Crippen molar-refractivity contribution in [1.29, 1.82) is 0 Å². The lowest BCUT2D eigenvalue weighted by molar-refractivity contribution is -0.153. The lowest BCUT2D eigenvalue weighted by Gasteiger charge is -2.14. The number of para-hydroxylation sites is 1. The molecule has 144 valence electrons. The summed E-state index contributed by atoms with van der Waals surface area (Å²) in [6, 6.07) is 12.4. The Kier molecular flexibility index (Phi) is 7.49. The van der Waals surface area contributed by atoms with Gasteiger partial charge < -0.3 is 19.5 Å². The van der Waals surface area contributed by atoms with Gasteiger partial charge in [-0.2, -0.15) is 0 Å².